The molecule has 46 heavy (non-hydrogen) atoms. The van der Waals surface area contributed by atoms with Crippen molar-refractivity contribution in [3.05, 3.63) is 0 Å². The van der Waals surface area contributed by atoms with Gasteiger partial charge in [-0.1, -0.05) is 130 Å². The fourth-order valence-corrected chi connectivity index (χ4v) is 6.11. The lowest BCUT2D eigenvalue weighted by Crippen LogP contribution is -2.33. The van der Waals surface area contributed by atoms with Gasteiger partial charge >= 0.3 is 5.97 Å². The molecule has 0 amide bonds. The number of hydrogen-bond acceptors (Lipinski definition) is 6. The van der Waals surface area contributed by atoms with Gasteiger partial charge in [-0.05, 0) is 84.0 Å². The maximum atomic E-state index is 12.1. The van der Waals surface area contributed by atoms with Crippen LogP contribution in [0.15, 0.2) is 0 Å². The Hall–Kier alpha value is -0.690. The van der Waals surface area contributed by atoms with Gasteiger partial charge in [0.05, 0.1) is 13.2 Å². The third kappa shape index (κ3) is 30.6. The van der Waals surface area contributed by atoms with E-state index in [1.54, 1.807) is 0 Å². The van der Waals surface area contributed by atoms with E-state index in [9.17, 15) is 9.90 Å². The van der Waals surface area contributed by atoms with Crippen molar-refractivity contribution in [2.75, 3.05) is 53.5 Å². The van der Waals surface area contributed by atoms with Crippen molar-refractivity contribution < 1.29 is 19.4 Å². The van der Waals surface area contributed by atoms with Crippen molar-refractivity contribution in [3.8, 4) is 0 Å². The summed E-state index contributed by atoms with van der Waals surface area (Å²) in [5, 5.41) is 10.2. The van der Waals surface area contributed by atoms with E-state index < -0.39 is 6.29 Å². The fraction of sp³-hybridized carbons (Fsp3) is 0.975. The molecule has 6 nitrogen and oxygen atoms in total. The van der Waals surface area contributed by atoms with Crippen LogP contribution in [0.1, 0.15) is 182 Å². The molecule has 0 aliphatic rings. The number of unbranched alkanes of at least 4 members (excludes halogenated alkanes) is 14. The Bertz CT molecular complexity index is 632. The van der Waals surface area contributed by atoms with E-state index in [0.717, 1.165) is 45.1 Å². The number of likely N-dealkylation sites (N-methyl/N-ethyl adjacent to an activating group) is 1. The first kappa shape index (κ1) is 45.3. The number of ether oxygens (including phenoxy) is 2. The molecule has 0 fully saturated rings. The topological polar surface area (TPSA) is 62.2 Å². The summed E-state index contributed by atoms with van der Waals surface area (Å²) in [6.45, 7) is 14.9. The predicted octanol–water partition coefficient (Wildman–Crippen LogP) is 10.4. The van der Waals surface area contributed by atoms with Gasteiger partial charge in [-0.3, -0.25) is 4.79 Å². The van der Waals surface area contributed by atoms with Gasteiger partial charge in [-0.2, -0.15) is 0 Å². The lowest BCUT2D eigenvalue weighted by molar-refractivity contribution is -0.145. The van der Waals surface area contributed by atoms with Crippen LogP contribution in [0.5, 0.6) is 0 Å². The molecule has 0 aromatic heterocycles. The molecule has 276 valence electrons. The molecular formula is C40H82N2O4. The van der Waals surface area contributed by atoms with Crippen molar-refractivity contribution in [3.63, 3.8) is 0 Å². The molecule has 0 spiro atoms. The van der Waals surface area contributed by atoms with Crippen LogP contribution in [-0.4, -0.2) is 80.7 Å². The molecule has 0 radical (unpaired) electrons. The van der Waals surface area contributed by atoms with E-state index in [-0.39, 0.29) is 5.97 Å². The number of nitrogens with zero attached hydrogens (tertiary/aromatic N) is 2. The Balaban J connectivity index is 3.83. The number of rotatable bonds is 36. The van der Waals surface area contributed by atoms with Crippen LogP contribution in [-0.2, 0) is 14.3 Å². The summed E-state index contributed by atoms with van der Waals surface area (Å²) in [4.78, 5) is 17.1. The summed E-state index contributed by atoms with van der Waals surface area (Å²) < 4.78 is 11.3. The zero-order valence-corrected chi connectivity index (χ0v) is 32.0. The molecule has 6 heteroatoms. The number of hydrogen-bond donors (Lipinski definition) is 1. The first-order valence-electron chi connectivity index (χ1n) is 20.2. The highest BCUT2D eigenvalue weighted by atomic mass is 16.6. The third-order valence-corrected chi connectivity index (χ3v) is 9.73. The molecule has 0 saturated heterocycles. The van der Waals surface area contributed by atoms with Crippen LogP contribution in [0.25, 0.3) is 0 Å². The normalized spacial score (nSPS) is 13.8. The highest BCUT2D eigenvalue weighted by molar-refractivity contribution is 5.69. The van der Waals surface area contributed by atoms with Crippen molar-refractivity contribution in [1.29, 1.82) is 0 Å². The molecular weight excluding hydrogens is 572 g/mol. The zero-order chi connectivity index (χ0) is 34.1. The van der Waals surface area contributed by atoms with Gasteiger partial charge in [0.25, 0.3) is 0 Å². The van der Waals surface area contributed by atoms with E-state index in [0.29, 0.717) is 31.5 Å². The highest BCUT2D eigenvalue weighted by Crippen LogP contribution is 2.17. The van der Waals surface area contributed by atoms with E-state index in [1.165, 1.54) is 129 Å². The quantitative estimate of drug-likeness (QED) is 0.0412. The van der Waals surface area contributed by atoms with Crippen LogP contribution in [0.2, 0.25) is 0 Å². The molecule has 3 atom stereocenters. The Morgan fingerprint density at radius 2 is 1.04 bits per heavy atom. The SMILES string of the molecule is CCCCC(CC)COC(=O)CCCCCCCCCN(CCCCCCCCCC(O)OCC(CC)CCCC)CCN(C)C. The van der Waals surface area contributed by atoms with E-state index in [1.807, 2.05) is 0 Å². The molecule has 0 aliphatic heterocycles. The Kier molecular flexibility index (Phi) is 33.7. The van der Waals surface area contributed by atoms with Crippen LogP contribution in [0, 0.1) is 11.8 Å². The van der Waals surface area contributed by atoms with Crippen LogP contribution in [0.4, 0.5) is 0 Å². The molecule has 0 heterocycles. The molecule has 0 aromatic carbocycles. The van der Waals surface area contributed by atoms with Crippen LogP contribution in [0.3, 0.4) is 0 Å². The number of aliphatic hydroxyl groups is 1. The van der Waals surface area contributed by atoms with Crippen molar-refractivity contribution in [1.82, 2.24) is 9.80 Å². The van der Waals surface area contributed by atoms with E-state index >= 15 is 0 Å². The molecule has 0 bridgehead atoms. The van der Waals surface area contributed by atoms with Gasteiger partial charge in [0, 0.05) is 19.5 Å². The van der Waals surface area contributed by atoms with Crippen molar-refractivity contribution >= 4 is 5.97 Å². The summed E-state index contributed by atoms with van der Waals surface area (Å²) in [5.41, 5.74) is 0. The molecule has 0 aliphatic carbocycles. The molecule has 1 N–H and O–H groups in total. The standard InChI is InChI=1S/C40H82N2O4/c1-7-11-27-37(9-3)35-45-39(43)29-23-19-15-13-17-21-25-31-42(34-33-41(5)6)32-26-22-18-14-16-20-24-30-40(44)46-36-38(10-4)28-12-8-2/h37-39,43H,7-36H2,1-6H3. The smallest absolute Gasteiger partial charge is 0.305 e. The van der Waals surface area contributed by atoms with E-state index in [2.05, 4.69) is 51.6 Å². The third-order valence-electron chi connectivity index (χ3n) is 9.73. The Morgan fingerprint density at radius 1 is 0.565 bits per heavy atom. The summed E-state index contributed by atoms with van der Waals surface area (Å²) >= 11 is 0. The predicted molar refractivity (Wildman–Crippen MR) is 198 cm³/mol. The number of esters is 1. The molecule has 3 unspecified atom stereocenters. The first-order valence-corrected chi connectivity index (χ1v) is 20.2. The minimum atomic E-state index is -0.579. The maximum absolute atomic E-state index is 12.1. The van der Waals surface area contributed by atoms with Crippen LogP contribution >= 0.6 is 0 Å². The molecule has 0 rings (SSSR count). The second kappa shape index (κ2) is 34.2. The summed E-state index contributed by atoms with van der Waals surface area (Å²) in [7, 11) is 4.35. The fourth-order valence-electron chi connectivity index (χ4n) is 6.11. The summed E-state index contributed by atoms with van der Waals surface area (Å²) in [5.74, 6) is 1.14. The molecule has 0 aromatic rings. The average molecular weight is 655 g/mol. The zero-order valence-electron chi connectivity index (χ0n) is 32.0. The lowest BCUT2D eigenvalue weighted by atomic mass is 10.0. The number of carbonyl (C=O) groups is 1. The maximum Gasteiger partial charge on any atom is 0.305 e. The average Bonchev–Trinajstić information content (AvgIpc) is 3.05. The first-order chi connectivity index (χ1) is 22.4. The second-order valence-corrected chi connectivity index (χ2v) is 14.4. The van der Waals surface area contributed by atoms with Crippen LogP contribution < -0.4 is 0 Å². The summed E-state index contributed by atoms with van der Waals surface area (Å²) in [6, 6.07) is 0. The monoisotopic (exact) mass is 655 g/mol. The van der Waals surface area contributed by atoms with Crippen molar-refractivity contribution in [2.24, 2.45) is 11.8 Å². The van der Waals surface area contributed by atoms with E-state index in [4.69, 9.17) is 9.47 Å². The van der Waals surface area contributed by atoms with Gasteiger partial charge in [-0.25, -0.2) is 0 Å². The van der Waals surface area contributed by atoms with Gasteiger partial charge in [0.15, 0.2) is 6.29 Å². The highest BCUT2D eigenvalue weighted by Gasteiger charge is 2.11. The largest absolute Gasteiger partial charge is 0.465 e. The van der Waals surface area contributed by atoms with Crippen molar-refractivity contribution in [2.45, 2.75) is 188 Å². The van der Waals surface area contributed by atoms with Gasteiger partial charge in [-0.15, -0.1) is 0 Å². The van der Waals surface area contributed by atoms with Gasteiger partial charge in [0.1, 0.15) is 0 Å². The Morgan fingerprint density at radius 3 is 1.54 bits per heavy atom. The molecule has 0 saturated carbocycles. The van der Waals surface area contributed by atoms with Gasteiger partial charge < -0.3 is 24.4 Å². The second-order valence-electron chi connectivity index (χ2n) is 14.4. The summed E-state index contributed by atoms with van der Waals surface area (Å²) in [6.07, 6.45) is 27.7. The number of aliphatic hydroxyl groups excluding tert-OH is 1. The minimum Gasteiger partial charge on any atom is -0.465 e. The lowest BCUT2D eigenvalue weighted by Gasteiger charge is -2.24. The Labute approximate surface area is 288 Å². The minimum absolute atomic E-state index is 0.00296. The van der Waals surface area contributed by atoms with Gasteiger partial charge in [0.2, 0.25) is 0 Å². The number of carbonyl (C=O) groups excluding carboxylic acids is 1.